The number of nitrogens with one attached hydrogen (secondary N) is 1. The van der Waals surface area contributed by atoms with Gasteiger partial charge in [-0.2, -0.15) is 0 Å². The standard InChI is InChI=1S/C22H38N2O12/c1-14(25)24-19-21(35-17(4)28)20(34-16(3)27)18(13-33-15(2)26)36-22(19)32-12-11-31-10-9-30-8-7-29-6-5-23/h18-22H,5-13,23H2,1-4H3,(H,24,25). The number of rotatable bonds is 17. The predicted molar refractivity (Wildman–Crippen MR) is 121 cm³/mol. The molecule has 0 aromatic rings. The highest BCUT2D eigenvalue weighted by Gasteiger charge is 2.51. The summed E-state index contributed by atoms with van der Waals surface area (Å²) in [6.07, 6.45) is -4.52. The van der Waals surface area contributed by atoms with Gasteiger partial charge in [-0.05, 0) is 0 Å². The van der Waals surface area contributed by atoms with Gasteiger partial charge >= 0.3 is 17.9 Å². The summed E-state index contributed by atoms with van der Waals surface area (Å²) in [6.45, 7) is 7.15. The van der Waals surface area contributed by atoms with Gasteiger partial charge in [0.25, 0.3) is 0 Å². The van der Waals surface area contributed by atoms with Crippen LogP contribution in [0.5, 0.6) is 0 Å². The molecule has 1 heterocycles. The summed E-state index contributed by atoms with van der Waals surface area (Å²) in [6, 6.07) is -1.03. The van der Waals surface area contributed by atoms with Gasteiger partial charge in [0, 0.05) is 34.2 Å². The minimum atomic E-state index is -1.18. The smallest absolute Gasteiger partial charge is 0.303 e. The third kappa shape index (κ3) is 13.1. The molecule has 1 saturated heterocycles. The minimum absolute atomic E-state index is 0.0473. The van der Waals surface area contributed by atoms with E-state index in [1.54, 1.807) is 0 Å². The Bertz CT molecular complexity index is 692. The molecule has 1 aliphatic heterocycles. The molecule has 0 saturated carbocycles. The maximum Gasteiger partial charge on any atom is 0.303 e. The van der Waals surface area contributed by atoms with E-state index in [4.69, 9.17) is 43.6 Å². The zero-order valence-corrected chi connectivity index (χ0v) is 21.2. The zero-order valence-electron chi connectivity index (χ0n) is 21.2. The Hall–Kier alpha value is -2.36. The molecule has 208 valence electrons. The lowest BCUT2D eigenvalue weighted by Crippen LogP contribution is -2.66. The first kappa shape index (κ1) is 31.7. The second kappa shape index (κ2) is 18.0. The first-order chi connectivity index (χ1) is 17.1. The molecular weight excluding hydrogens is 484 g/mol. The lowest BCUT2D eigenvalue weighted by atomic mass is 9.96. The molecule has 1 fully saturated rings. The second-order valence-electron chi connectivity index (χ2n) is 7.72. The van der Waals surface area contributed by atoms with Gasteiger partial charge in [0.2, 0.25) is 5.91 Å². The highest BCUT2D eigenvalue weighted by Crippen LogP contribution is 2.28. The van der Waals surface area contributed by atoms with Crippen molar-refractivity contribution in [2.75, 3.05) is 59.4 Å². The summed E-state index contributed by atoms with van der Waals surface area (Å²) in [5.74, 6) is -2.42. The maximum atomic E-state index is 11.9. The van der Waals surface area contributed by atoms with Crippen LogP contribution in [0.1, 0.15) is 27.7 Å². The van der Waals surface area contributed by atoms with E-state index in [2.05, 4.69) is 5.32 Å². The Labute approximate surface area is 210 Å². The minimum Gasteiger partial charge on any atom is -0.463 e. The molecule has 0 spiro atoms. The van der Waals surface area contributed by atoms with Crippen molar-refractivity contribution in [1.82, 2.24) is 5.32 Å². The van der Waals surface area contributed by atoms with Crippen molar-refractivity contribution >= 4 is 23.8 Å². The SMILES string of the molecule is CC(=O)NC1C(OCCOCCOCCOCCN)OC(COC(C)=O)C(OC(C)=O)C1OC(C)=O. The molecule has 36 heavy (non-hydrogen) atoms. The van der Waals surface area contributed by atoms with Crippen molar-refractivity contribution in [3.63, 3.8) is 0 Å². The lowest BCUT2D eigenvalue weighted by molar-refractivity contribution is -0.279. The number of hydrogen-bond acceptors (Lipinski definition) is 13. The van der Waals surface area contributed by atoms with Crippen LogP contribution in [-0.2, 0) is 57.1 Å². The number of ether oxygens (including phenoxy) is 8. The van der Waals surface area contributed by atoms with Crippen molar-refractivity contribution in [3.8, 4) is 0 Å². The summed E-state index contributed by atoms with van der Waals surface area (Å²) in [7, 11) is 0. The van der Waals surface area contributed by atoms with Gasteiger partial charge in [-0.3, -0.25) is 19.2 Å². The highest BCUT2D eigenvalue weighted by atomic mass is 16.7. The molecule has 1 aliphatic rings. The molecule has 14 heteroatoms. The van der Waals surface area contributed by atoms with Gasteiger partial charge in [0.1, 0.15) is 18.8 Å². The van der Waals surface area contributed by atoms with Gasteiger partial charge in [0.15, 0.2) is 18.5 Å². The molecule has 5 atom stereocenters. The van der Waals surface area contributed by atoms with Crippen molar-refractivity contribution in [1.29, 1.82) is 0 Å². The van der Waals surface area contributed by atoms with E-state index in [0.29, 0.717) is 39.6 Å². The molecule has 0 aliphatic carbocycles. The van der Waals surface area contributed by atoms with Gasteiger partial charge in [-0.15, -0.1) is 0 Å². The third-order valence-electron chi connectivity index (χ3n) is 4.59. The average molecular weight is 523 g/mol. The van der Waals surface area contributed by atoms with E-state index in [0.717, 1.165) is 6.92 Å². The van der Waals surface area contributed by atoms with Crippen LogP contribution in [0, 0.1) is 0 Å². The van der Waals surface area contributed by atoms with Crippen LogP contribution in [0.3, 0.4) is 0 Å². The molecule has 5 unspecified atom stereocenters. The summed E-state index contributed by atoms with van der Waals surface area (Å²) in [5.41, 5.74) is 5.32. The topological polar surface area (TPSA) is 180 Å². The lowest BCUT2D eigenvalue weighted by Gasteiger charge is -2.44. The van der Waals surface area contributed by atoms with E-state index in [1.807, 2.05) is 0 Å². The van der Waals surface area contributed by atoms with E-state index in [-0.39, 0.29) is 19.8 Å². The Morgan fingerprint density at radius 1 is 0.750 bits per heavy atom. The molecule has 3 N–H and O–H groups in total. The summed E-state index contributed by atoms with van der Waals surface area (Å²) < 4.78 is 43.4. The quantitative estimate of drug-likeness (QED) is 0.130. The van der Waals surface area contributed by atoms with E-state index in [9.17, 15) is 19.2 Å². The number of nitrogens with two attached hydrogens (primary N) is 1. The van der Waals surface area contributed by atoms with Crippen LogP contribution in [0.25, 0.3) is 0 Å². The third-order valence-corrected chi connectivity index (χ3v) is 4.59. The molecule has 0 bridgehead atoms. The summed E-state index contributed by atoms with van der Waals surface area (Å²) >= 11 is 0. The van der Waals surface area contributed by atoms with Crippen molar-refractivity contribution in [3.05, 3.63) is 0 Å². The van der Waals surface area contributed by atoms with Gasteiger partial charge < -0.3 is 48.9 Å². The fourth-order valence-electron chi connectivity index (χ4n) is 3.28. The van der Waals surface area contributed by atoms with Crippen LogP contribution in [-0.4, -0.2) is 114 Å². The number of hydrogen-bond donors (Lipinski definition) is 2. The first-order valence-electron chi connectivity index (χ1n) is 11.6. The van der Waals surface area contributed by atoms with Crippen molar-refractivity contribution < 1.29 is 57.1 Å². The number of carbonyl (C=O) groups is 4. The molecule has 1 amide bonds. The molecule has 0 aromatic carbocycles. The fraction of sp³-hybridized carbons (Fsp3) is 0.818. The summed E-state index contributed by atoms with van der Waals surface area (Å²) in [4.78, 5) is 46.8. The first-order valence-corrected chi connectivity index (χ1v) is 11.6. The van der Waals surface area contributed by atoms with Crippen molar-refractivity contribution in [2.45, 2.75) is 58.3 Å². The van der Waals surface area contributed by atoms with Gasteiger partial charge in [-0.25, -0.2) is 0 Å². The Kier molecular flexibility index (Phi) is 15.8. The molecule has 0 aromatic heterocycles. The van der Waals surface area contributed by atoms with E-state index in [1.165, 1.54) is 20.8 Å². The van der Waals surface area contributed by atoms with E-state index >= 15 is 0 Å². The predicted octanol–water partition coefficient (Wildman–Crippen LogP) is -1.33. The number of carbonyl (C=O) groups excluding carboxylic acids is 4. The van der Waals surface area contributed by atoms with Crippen molar-refractivity contribution in [2.24, 2.45) is 5.73 Å². The molecule has 0 radical (unpaired) electrons. The molecule has 14 nitrogen and oxygen atoms in total. The average Bonchev–Trinajstić information content (AvgIpc) is 2.78. The monoisotopic (exact) mass is 522 g/mol. The van der Waals surface area contributed by atoms with Crippen LogP contribution >= 0.6 is 0 Å². The highest BCUT2D eigenvalue weighted by molar-refractivity contribution is 5.73. The number of amides is 1. The fourth-order valence-corrected chi connectivity index (χ4v) is 3.28. The molecular formula is C22H38N2O12. The Morgan fingerprint density at radius 3 is 1.78 bits per heavy atom. The normalized spacial score (nSPS) is 23.5. The maximum absolute atomic E-state index is 11.9. The van der Waals surface area contributed by atoms with Crippen LogP contribution < -0.4 is 11.1 Å². The molecule has 1 rings (SSSR count). The zero-order chi connectivity index (χ0) is 26.9. The Morgan fingerprint density at radius 2 is 1.28 bits per heavy atom. The second-order valence-corrected chi connectivity index (χ2v) is 7.72. The number of esters is 3. The largest absolute Gasteiger partial charge is 0.463 e. The van der Waals surface area contributed by atoms with Gasteiger partial charge in [-0.1, -0.05) is 0 Å². The van der Waals surface area contributed by atoms with Crippen LogP contribution in [0.2, 0.25) is 0 Å². The Balaban J connectivity index is 2.77. The van der Waals surface area contributed by atoms with E-state index < -0.39 is 54.5 Å². The van der Waals surface area contributed by atoms with Crippen LogP contribution in [0.4, 0.5) is 0 Å². The van der Waals surface area contributed by atoms with Gasteiger partial charge in [0.05, 0.1) is 46.2 Å². The summed E-state index contributed by atoms with van der Waals surface area (Å²) in [5, 5.41) is 2.62. The van der Waals surface area contributed by atoms with Crippen LogP contribution in [0.15, 0.2) is 0 Å².